The second-order valence-corrected chi connectivity index (χ2v) is 20.4. The Labute approximate surface area is 280 Å². The van der Waals surface area contributed by atoms with Gasteiger partial charge in [-0.3, -0.25) is 0 Å². The average Bonchev–Trinajstić information content (AvgIpc) is 3.30. The predicted octanol–water partition coefficient (Wildman–Crippen LogP) is 12.6. The molecule has 0 atom stereocenters. The van der Waals surface area contributed by atoms with E-state index in [2.05, 4.69) is 180 Å². The summed E-state index contributed by atoms with van der Waals surface area (Å²) in [6.07, 6.45) is 0. The number of fused-ring (bicyclic) bond motifs is 9. The molecule has 0 N–H and O–H groups in total. The molecular weight excluding hydrogens is 583 g/mol. The molecule has 0 amide bonds. The van der Waals surface area contributed by atoms with Crippen LogP contribution in [0.25, 0.3) is 43.4 Å². The van der Waals surface area contributed by atoms with Crippen LogP contribution >= 0.6 is 0 Å². The average molecular weight is 626 g/mol. The van der Waals surface area contributed by atoms with Gasteiger partial charge in [0, 0.05) is 22.5 Å². The van der Waals surface area contributed by atoms with Gasteiger partial charge in [-0.05, 0) is 115 Å². The molecule has 47 heavy (non-hydrogen) atoms. The molecule has 1 nitrogen and oxygen atoms in total. The highest BCUT2D eigenvalue weighted by Gasteiger charge is 2.38. The molecule has 0 saturated carbocycles. The minimum atomic E-state index is -1.41. The Morgan fingerprint density at radius 3 is 1.72 bits per heavy atom. The maximum Gasteiger partial charge on any atom is 0.0775 e. The summed E-state index contributed by atoms with van der Waals surface area (Å²) in [7, 11) is -1.41. The molecule has 2 heteroatoms. The van der Waals surface area contributed by atoms with E-state index in [4.69, 9.17) is 0 Å². The molecule has 7 aromatic rings. The van der Waals surface area contributed by atoms with Crippen LogP contribution in [0.1, 0.15) is 50.3 Å². The fraction of sp³-hybridized carbons (Fsp3) is 0.200. The topological polar surface area (TPSA) is 3.24 Å². The van der Waals surface area contributed by atoms with Crippen LogP contribution in [-0.2, 0) is 5.41 Å². The Hall–Kier alpha value is -4.66. The van der Waals surface area contributed by atoms with Crippen LogP contribution in [0.4, 0.5) is 17.1 Å². The normalized spacial score (nSPS) is 13.8. The highest BCUT2D eigenvalue weighted by Crippen LogP contribution is 2.55. The molecule has 0 fully saturated rings. The molecule has 0 bridgehead atoms. The standard InChI is InChI=1S/C45H43NSi/c1-29(2)30-16-19-33(20-17-30)46(34-22-24-36(25-23-34)47(5,6)7)35-21-18-31-27-41-42(28-32(31)26-35)45(3,4)44-40-15-11-9-13-38(40)37-12-8-10-14-39(37)43(41)44/h8-29H,1-7H3. The first-order chi connectivity index (χ1) is 22.5. The van der Waals surface area contributed by atoms with Gasteiger partial charge in [-0.25, -0.2) is 0 Å². The number of benzene rings is 7. The summed E-state index contributed by atoms with van der Waals surface area (Å²) < 4.78 is 0. The maximum atomic E-state index is 2.48. The van der Waals surface area contributed by atoms with Gasteiger partial charge >= 0.3 is 0 Å². The molecular formula is C45H43NSi. The van der Waals surface area contributed by atoms with Crippen molar-refractivity contribution in [1.29, 1.82) is 0 Å². The van der Waals surface area contributed by atoms with Crippen LogP contribution in [0.15, 0.2) is 127 Å². The van der Waals surface area contributed by atoms with E-state index in [1.807, 2.05) is 0 Å². The van der Waals surface area contributed by atoms with E-state index in [1.165, 1.54) is 82.4 Å². The molecule has 8 rings (SSSR count). The molecule has 0 heterocycles. The molecule has 0 radical (unpaired) electrons. The number of nitrogens with zero attached hydrogens (tertiary/aromatic N) is 1. The SMILES string of the molecule is CC(C)c1ccc(N(c2ccc([Si](C)(C)C)cc2)c2ccc3cc4c(cc3c2)C(C)(C)c2c-4c3ccccc3c3ccccc23)cc1. The quantitative estimate of drug-likeness (QED) is 0.136. The lowest BCUT2D eigenvalue weighted by Crippen LogP contribution is -2.37. The van der Waals surface area contributed by atoms with Crippen LogP contribution in [0, 0.1) is 0 Å². The predicted molar refractivity (Wildman–Crippen MR) is 208 cm³/mol. The zero-order chi connectivity index (χ0) is 32.7. The summed E-state index contributed by atoms with van der Waals surface area (Å²) in [5.41, 5.74) is 10.4. The summed E-state index contributed by atoms with van der Waals surface area (Å²) in [4.78, 5) is 2.42. The van der Waals surface area contributed by atoms with E-state index < -0.39 is 8.07 Å². The van der Waals surface area contributed by atoms with Gasteiger partial charge in [-0.1, -0.05) is 131 Å². The monoisotopic (exact) mass is 625 g/mol. The lowest BCUT2D eigenvalue weighted by Gasteiger charge is -2.27. The zero-order valence-corrected chi connectivity index (χ0v) is 29.6. The van der Waals surface area contributed by atoms with Gasteiger partial charge in [-0.2, -0.15) is 0 Å². The number of hydrogen-bond donors (Lipinski definition) is 0. The van der Waals surface area contributed by atoms with Gasteiger partial charge in [0.1, 0.15) is 0 Å². The fourth-order valence-electron chi connectivity index (χ4n) is 7.92. The van der Waals surface area contributed by atoms with E-state index in [0.717, 1.165) is 0 Å². The lowest BCUT2D eigenvalue weighted by atomic mass is 9.79. The summed E-state index contributed by atoms with van der Waals surface area (Å²) in [6.45, 7) is 16.6. The molecule has 232 valence electrons. The van der Waals surface area contributed by atoms with Gasteiger partial charge in [0.25, 0.3) is 0 Å². The molecule has 0 aliphatic heterocycles. The summed E-state index contributed by atoms with van der Waals surface area (Å²) in [5.74, 6) is 0.498. The summed E-state index contributed by atoms with van der Waals surface area (Å²) >= 11 is 0. The number of hydrogen-bond acceptors (Lipinski definition) is 1. The zero-order valence-electron chi connectivity index (χ0n) is 28.6. The largest absolute Gasteiger partial charge is 0.310 e. The molecule has 1 aliphatic rings. The third kappa shape index (κ3) is 4.73. The lowest BCUT2D eigenvalue weighted by molar-refractivity contribution is 0.667. The first-order valence-electron chi connectivity index (χ1n) is 17.1. The van der Waals surface area contributed by atoms with E-state index in [9.17, 15) is 0 Å². The van der Waals surface area contributed by atoms with Crippen molar-refractivity contribution in [1.82, 2.24) is 0 Å². The molecule has 0 aromatic heterocycles. The van der Waals surface area contributed by atoms with E-state index in [0.29, 0.717) is 5.92 Å². The van der Waals surface area contributed by atoms with Crippen LogP contribution < -0.4 is 10.1 Å². The Bertz CT molecular complexity index is 2320. The van der Waals surface area contributed by atoms with E-state index in [1.54, 1.807) is 0 Å². The first kappa shape index (κ1) is 29.7. The molecule has 7 aromatic carbocycles. The van der Waals surface area contributed by atoms with Crippen molar-refractivity contribution in [3.8, 4) is 11.1 Å². The molecule has 1 aliphatic carbocycles. The van der Waals surface area contributed by atoms with E-state index >= 15 is 0 Å². The van der Waals surface area contributed by atoms with Crippen LogP contribution in [0.5, 0.6) is 0 Å². The Morgan fingerprint density at radius 2 is 1.11 bits per heavy atom. The van der Waals surface area contributed by atoms with Crippen molar-refractivity contribution in [2.75, 3.05) is 4.90 Å². The van der Waals surface area contributed by atoms with E-state index in [-0.39, 0.29) is 5.41 Å². The van der Waals surface area contributed by atoms with Crippen LogP contribution in [0.3, 0.4) is 0 Å². The van der Waals surface area contributed by atoms with Crippen molar-refractivity contribution in [2.45, 2.75) is 58.7 Å². The van der Waals surface area contributed by atoms with Crippen molar-refractivity contribution < 1.29 is 0 Å². The Kier molecular flexibility index (Phi) is 6.76. The maximum absolute atomic E-state index is 2.48. The third-order valence-electron chi connectivity index (χ3n) is 10.5. The summed E-state index contributed by atoms with van der Waals surface area (Å²) in [6, 6.07) is 48.3. The number of anilines is 3. The van der Waals surface area contributed by atoms with Crippen LogP contribution in [-0.4, -0.2) is 8.07 Å². The minimum Gasteiger partial charge on any atom is -0.310 e. The second-order valence-electron chi connectivity index (χ2n) is 15.3. The van der Waals surface area contributed by atoms with Gasteiger partial charge in [0.05, 0.1) is 8.07 Å². The Morgan fingerprint density at radius 1 is 0.553 bits per heavy atom. The van der Waals surface area contributed by atoms with Gasteiger partial charge in [-0.15, -0.1) is 0 Å². The second kappa shape index (κ2) is 10.7. The molecule has 0 saturated heterocycles. The van der Waals surface area contributed by atoms with Gasteiger partial charge < -0.3 is 4.90 Å². The highest BCUT2D eigenvalue weighted by atomic mass is 28.3. The Balaban J connectivity index is 1.32. The third-order valence-corrected chi connectivity index (χ3v) is 12.6. The highest BCUT2D eigenvalue weighted by molar-refractivity contribution is 6.88. The van der Waals surface area contributed by atoms with Crippen molar-refractivity contribution in [2.24, 2.45) is 0 Å². The smallest absolute Gasteiger partial charge is 0.0775 e. The minimum absolute atomic E-state index is 0.127. The van der Waals surface area contributed by atoms with Crippen molar-refractivity contribution in [3.05, 3.63) is 144 Å². The van der Waals surface area contributed by atoms with Gasteiger partial charge in [0.2, 0.25) is 0 Å². The molecule has 0 spiro atoms. The molecule has 0 unspecified atom stereocenters. The fourth-order valence-corrected chi connectivity index (χ4v) is 9.09. The summed E-state index contributed by atoms with van der Waals surface area (Å²) in [5, 5.41) is 9.42. The first-order valence-corrected chi connectivity index (χ1v) is 20.6. The van der Waals surface area contributed by atoms with Crippen molar-refractivity contribution >= 4 is 62.6 Å². The van der Waals surface area contributed by atoms with Gasteiger partial charge in [0.15, 0.2) is 0 Å². The number of rotatable bonds is 5. The van der Waals surface area contributed by atoms with Crippen molar-refractivity contribution in [3.63, 3.8) is 0 Å². The van der Waals surface area contributed by atoms with Crippen LogP contribution in [0.2, 0.25) is 19.6 Å².